The number of aryl methyl sites for hydroxylation is 2. The number of hydrogen-bond acceptors (Lipinski definition) is 4. The van der Waals surface area contributed by atoms with Crippen LogP contribution in [0, 0.1) is 13.8 Å². The van der Waals surface area contributed by atoms with Crippen LogP contribution in [0.5, 0.6) is 0 Å². The molecular weight excluding hydrogens is 356 g/mol. The zero-order valence-corrected chi connectivity index (χ0v) is 16.4. The van der Waals surface area contributed by atoms with Crippen molar-refractivity contribution in [2.24, 2.45) is 0 Å². The average molecular weight is 380 g/mol. The van der Waals surface area contributed by atoms with E-state index < -0.39 is 0 Å². The Balaban J connectivity index is 1.69. The summed E-state index contributed by atoms with van der Waals surface area (Å²) in [6, 6.07) is 7.26. The number of anilines is 1. The van der Waals surface area contributed by atoms with Gasteiger partial charge in [-0.2, -0.15) is 0 Å². The maximum Gasteiger partial charge on any atom is 0.257 e. The molecule has 0 bridgehead atoms. The van der Waals surface area contributed by atoms with Crippen LogP contribution in [0.4, 0.5) is 5.69 Å². The third-order valence-electron chi connectivity index (χ3n) is 5.02. The van der Waals surface area contributed by atoms with E-state index in [1.165, 1.54) is 19.3 Å². The molecule has 3 amide bonds. The monoisotopic (exact) mass is 380 g/mol. The van der Waals surface area contributed by atoms with Gasteiger partial charge in [0, 0.05) is 51.2 Å². The van der Waals surface area contributed by atoms with E-state index in [2.05, 4.69) is 10.3 Å². The summed E-state index contributed by atoms with van der Waals surface area (Å²) in [7, 11) is 0. The number of pyridine rings is 1. The van der Waals surface area contributed by atoms with Crippen molar-refractivity contribution in [3.8, 4) is 0 Å². The Hall–Kier alpha value is -3.22. The Morgan fingerprint density at radius 2 is 1.54 bits per heavy atom. The van der Waals surface area contributed by atoms with E-state index in [1.807, 2.05) is 32.0 Å². The first-order valence-corrected chi connectivity index (χ1v) is 9.23. The van der Waals surface area contributed by atoms with Crippen molar-refractivity contribution < 1.29 is 14.4 Å². The molecule has 1 fully saturated rings. The number of rotatable bonds is 3. The van der Waals surface area contributed by atoms with Gasteiger partial charge in [0.1, 0.15) is 0 Å². The summed E-state index contributed by atoms with van der Waals surface area (Å²) >= 11 is 0. The number of nitrogens with zero attached hydrogens (tertiary/aromatic N) is 3. The van der Waals surface area contributed by atoms with Gasteiger partial charge in [-0.3, -0.25) is 19.4 Å². The minimum absolute atomic E-state index is 0.0128. The quantitative estimate of drug-likeness (QED) is 0.885. The maximum atomic E-state index is 12.7. The van der Waals surface area contributed by atoms with Gasteiger partial charge in [0.2, 0.25) is 5.91 Å². The third-order valence-corrected chi connectivity index (χ3v) is 5.02. The van der Waals surface area contributed by atoms with Crippen LogP contribution in [0.3, 0.4) is 0 Å². The molecule has 1 aromatic carbocycles. The molecule has 1 saturated heterocycles. The lowest BCUT2D eigenvalue weighted by Gasteiger charge is -2.34. The van der Waals surface area contributed by atoms with Crippen molar-refractivity contribution in [1.82, 2.24) is 14.8 Å². The Morgan fingerprint density at radius 3 is 2.18 bits per heavy atom. The lowest BCUT2D eigenvalue weighted by molar-refractivity contribution is -0.130. The predicted octanol–water partition coefficient (Wildman–Crippen LogP) is 2.26. The molecule has 7 nitrogen and oxygen atoms in total. The SMILES string of the molecule is CC(=O)N1CCN(C(=O)c2cncc(C(=O)Nc3ccc(C)c(C)c3)c2)CC1. The summed E-state index contributed by atoms with van der Waals surface area (Å²) in [5.41, 5.74) is 3.63. The number of piperazine rings is 1. The molecule has 1 N–H and O–H groups in total. The molecule has 7 heteroatoms. The summed E-state index contributed by atoms with van der Waals surface area (Å²) in [5, 5.41) is 2.84. The second-order valence-electron chi connectivity index (χ2n) is 7.01. The van der Waals surface area contributed by atoms with Crippen LogP contribution in [-0.2, 0) is 4.79 Å². The maximum absolute atomic E-state index is 12.7. The highest BCUT2D eigenvalue weighted by Gasteiger charge is 2.24. The fourth-order valence-corrected chi connectivity index (χ4v) is 3.11. The van der Waals surface area contributed by atoms with Gasteiger partial charge in [0.25, 0.3) is 11.8 Å². The lowest BCUT2D eigenvalue weighted by atomic mass is 10.1. The van der Waals surface area contributed by atoms with E-state index in [0.717, 1.165) is 11.1 Å². The van der Waals surface area contributed by atoms with Gasteiger partial charge in [-0.25, -0.2) is 0 Å². The largest absolute Gasteiger partial charge is 0.339 e. The van der Waals surface area contributed by atoms with E-state index in [0.29, 0.717) is 43.0 Å². The number of nitrogens with one attached hydrogen (secondary N) is 1. The van der Waals surface area contributed by atoms with Crippen LogP contribution in [-0.4, -0.2) is 58.7 Å². The van der Waals surface area contributed by atoms with Crippen molar-refractivity contribution >= 4 is 23.4 Å². The summed E-state index contributed by atoms with van der Waals surface area (Å²) in [6.45, 7) is 7.49. The Labute approximate surface area is 164 Å². The highest BCUT2D eigenvalue weighted by molar-refractivity contribution is 6.05. The number of carbonyl (C=O) groups is 3. The van der Waals surface area contributed by atoms with Gasteiger partial charge >= 0.3 is 0 Å². The van der Waals surface area contributed by atoms with Crippen LogP contribution in [0.25, 0.3) is 0 Å². The fraction of sp³-hybridized carbons (Fsp3) is 0.333. The molecule has 2 aromatic rings. The van der Waals surface area contributed by atoms with E-state index in [-0.39, 0.29) is 17.7 Å². The minimum Gasteiger partial charge on any atom is -0.339 e. The minimum atomic E-state index is -0.313. The summed E-state index contributed by atoms with van der Waals surface area (Å²) in [4.78, 5) is 44.2. The molecule has 1 aliphatic rings. The highest BCUT2D eigenvalue weighted by atomic mass is 16.2. The first-order valence-electron chi connectivity index (χ1n) is 9.23. The Kier molecular flexibility index (Phi) is 5.73. The van der Waals surface area contributed by atoms with Crippen LogP contribution in [0.1, 0.15) is 38.8 Å². The normalized spacial score (nSPS) is 14.0. The van der Waals surface area contributed by atoms with Crippen molar-refractivity contribution in [2.45, 2.75) is 20.8 Å². The molecule has 0 saturated carbocycles. The molecule has 2 heterocycles. The van der Waals surface area contributed by atoms with Gasteiger partial charge in [0.05, 0.1) is 11.1 Å². The summed E-state index contributed by atoms with van der Waals surface area (Å²) in [6.07, 6.45) is 2.91. The Morgan fingerprint density at radius 1 is 0.893 bits per heavy atom. The number of hydrogen-bond donors (Lipinski definition) is 1. The number of aromatic nitrogens is 1. The molecule has 0 atom stereocenters. The molecule has 28 heavy (non-hydrogen) atoms. The standard InChI is InChI=1S/C21H24N4O3/c1-14-4-5-19(10-15(14)2)23-20(27)17-11-18(13-22-12-17)21(28)25-8-6-24(7-9-25)16(3)26/h4-5,10-13H,6-9H2,1-3H3,(H,23,27). The van der Waals surface area contributed by atoms with Crippen LogP contribution in [0.2, 0.25) is 0 Å². The molecule has 1 aliphatic heterocycles. The van der Waals surface area contributed by atoms with Crippen LogP contribution < -0.4 is 5.32 Å². The second-order valence-corrected chi connectivity index (χ2v) is 7.01. The van der Waals surface area contributed by atoms with Gasteiger partial charge in [-0.05, 0) is 43.2 Å². The Bertz CT molecular complexity index is 918. The first kappa shape index (κ1) is 19.5. The van der Waals surface area contributed by atoms with Crippen molar-refractivity contribution in [3.05, 3.63) is 58.9 Å². The van der Waals surface area contributed by atoms with E-state index in [9.17, 15) is 14.4 Å². The molecule has 146 valence electrons. The highest BCUT2D eigenvalue weighted by Crippen LogP contribution is 2.16. The first-order chi connectivity index (χ1) is 13.3. The molecule has 0 aliphatic carbocycles. The number of benzene rings is 1. The predicted molar refractivity (Wildman–Crippen MR) is 106 cm³/mol. The van der Waals surface area contributed by atoms with Gasteiger partial charge in [-0.15, -0.1) is 0 Å². The third kappa shape index (κ3) is 4.36. The van der Waals surface area contributed by atoms with E-state index in [1.54, 1.807) is 15.9 Å². The molecule has 1 aromatic heterocycles. The van der Waals surface area contributed by atoms with Gasteiger partial charge in [0.15, 0.2) is 0 Å². The zero-order chi connectivity index (χ0) is 20.3. The van der Waals surface area contributed by atoms with E-state index >= 15 is 0 Å². The fourth-order valence-electron chi connectivity index (χ4n) is 3.11. The van der Waals surface area contributed by atoms with Crippen molar-refractivity contribution in [2.75, 3.05) is 31.5 Å². The van der Waals surface area contributed by atoms with Crippen LogP contribution in [0.15, 0.2) is 36.7 Å². The second kappa shape index (κ2) is 8.21. The molecule has 0 unspecified atom stereocenters. The average Bonchev–Trinajstić information content (AvgIpc) is 2.70. The van der Waals surface area contributed by atoms with Gasteiger partial charge in [-0.1, -0.05) is 6.07 Å². The van der Waals surface area contributed by atoms with Gasteiger partial charge < -0.3 is 15.1 Å². The summed E-state index contributed by atoms with van der Waals surface area (Å²) in [5.74, 6) is -0.484. The van der Waals surface area contributed by atoms with Crippen LogP contribution >= 0.6 is 0 Å². The lowest BCUT2D eigenvalue weighted by Crippen LogP contribution is -2.50. The molecule has 3 rings (SSSR count). The molecular formula is C21H24N4O3. The molecule has 0 radical (unpaired) electrons. The smallest absolute Gasteiger partial charge is 0.257 e. The van der Waals surface area contributed by atoms with E-state index in [4.69, 9.17) is 0 Å². The molecule has 0 spiro atoms. The number of carbonyl (C=O) groups excluding carboxylic acids is 3. The summed E-state index contributed by atoms with van der Waals surface area (Å²) < 4.78 is 0. The zero-order valence-electron chi connectivity index (χ0n) is 16.4. The number of amides is 3. The topological polar surface area (TPSA) is 82.6 Å². The van der Waals surface area contributed by atoms with Crippen molar-refractivity contribution in [3.63, 3.8) is 0 Å². The van der Waals surface area contributed by atoms with Crippen molar-refractivity contribution in [1.29, 1.82) is 0 Å².